The van der Waals surface area contributed by atoms with E-state index in [0.717, 1.165) is 5.56 Å². The van der Waals surface area contributed by atoms with Crippen molar-refractivity contribution in [3.05, 3.63) is 35.9 Å². The Morgan fingerprint density at radius 2 is 1.57 bits per heavy atom. The molecule has 0 atom stereocenters. The van der Waals surface area contributed by atoms with Gasteiger partial charge in [0.15, 0.2) is 0 Å². The van der Waals surface area contributed by atoms with Crippen molar-refractivity contribution in [3.8, 4) is 0 Å². The van der Waals surface area contributed by atoms with Gasteiger partial charge in [-0.25, -0.2) is 0 Å². The lowest BCUT2D eigenvalue weighted by atomic mass is 9.81. The molecule has 21 heavy (non-hydrogen) atoms. The number of rotatable bonds is 4. The zero-order chi connectivity index (χ0) is 15.5. The Hall–Kier alpha value is -1.84. The zero-order valence-corrected chi connectivity index (χ0v) is 12.6. The number of carboxylic acids is 1. The van der Waals surface area contributed by atoms with Gasteiger partial charge in [0.1, 0.15) is 0 Å². The SMILES string of the molecule is CC(C)(NC(=O)C1CCC(C(=O)O)CC1)c1ccccc1. The second-order valence-corrected chi connectivity index (χ2v) is 6.37. The van der Waals surface area contributed by atoms with E-state index in [1.54, 1.807) is 0 Å². The molecule has 0 saturated heterocycles. The monoisotopic (exact) mass is 289 g/mol. The van der Waals surface area contributed by atoms with E-state index in [-0.39, 0.29) is 17.7 Å². The number of aliphatic carboxylic acids is 1. The number of carboxylic acid groups (broad SMARTS) is 1. The van der Waals surface area contributed by atoms with E-state index in [0.29, 0.717) is 25.7 Å². The number of carbonyl (C=O) groups excluding carboxylic acids is 1. The first-order valence-corrected chi connectivity index (χ1v) is 7.50. The zero-order valence-electron chi connectivity index (χ0n) is 12.6. The second-order valence-electron chi connectivity index (χ2n) is 6.37. The minimum absolute atomic E-state index is 0.0349. The second kappa shape index (κ2) is 6.29. The summed E-state index contributed by atoms with van der Waals surface area (Å²) in [4.78, 5) is 23.3. The molecule has 1 amide bonds. The van der Waals surface area contributed by atoms with Crippen LogP contribution < -0.4 is 5.32 Å². The Morgan fingerprint density at radius 3 is 2.10 bits per heavy atom. The van der Waals surface area contributed by atoms with Gasteiger partial charge in [0.25, 0.3) is 0 Å². The molecule has 114 valence electrons. The van der Waals surface area contributed by atoms with E-state index in [1.165, 1.54) is 0 Å². The molecule has 0 heterocycles. The summed E-state index contributed by atoms with van der Waals surface area (Å²) in [5, 5.41) is 12.1. The van der Waals surface area contributed by atoms with Gasteiger partial charge in [0.05, 0.1) is 11.5 Å². The molecule has 2 rings (SSSR count). The van der Waals surface area contributed by atoms with Gasteiger partial charge < -0.3 is 10.4 Å². The van der Waals surface area contributed by atoms with Crippen molar-refractivity contribution in [1.29, 1.82) is 0 Å². The minimum Gasteiger partial charge on any atom is -0.481 e. The molecule has 4 nitrogen and oxygen atoms in total. The lowest BCUT2D eigenvalue weighted by molar-refractivity contribution is -0.144. The number of hydrogen-bond donors (Lipinski definition) is 2. The van der Waals surface area contributed by atoms with Crippen LogP contribution >= 0.6 is 0 Å². The summed E-state index contributed by atoms with van der Waals surface area (Å²) in [5.41, 5.74) is 0.653. The van der Waals surface area contributed by atoms with Crippen LogP contribution in [-0.4, -0.2) is 17.0 Å². The van der Waals surface area contributed by atoms with Gasteiger partial charge in [0, 0.05) is 5.92 Å². The molecular formula is C17H23NO3. The van der Waals surface area contributed by atoms with Crippen LogP contribution in [0.5, 0.6) is 0 Å². The van der Waals surface area contributed by atoms with Crippen molar-refractivity contribution in [2.75, 3.05) is 0 Å². The maximum absolute atomic E-state index is 12.4. The molecule has 1 aliphatic carbocycles. The lowest BCUT2D eigenvalue weighted by Gasteiger charge is -2.31. The van der Waals surface area contributed by atoms with Crippen LogP contribution in [0.2, 0.25) is 0 Å². The summed E-state index contributed by atoms with van der Waals surface area (Å²) in [6.07, 6.45) is 2.51. The Kier molecular flexibility index (Phi) is 4.66. The molecular weight excluding hydrogens is 266 g/mol. The first-order chi connectivity index (χ1) is 9.90. The van der Waals surface area contributed by atoms with Crippen molar-refractivity contribution in [1.82, 2.24) is 5.32 Å². The normalized spacial score (nSPS) is 22.6. The molecule has 0 aliphatic heterocycles. The van der Waals surface area contributed by atoms with Crippen LogP contribution in [0.25, 0.3) is 0 Å². The average molecular weight is 289 g/mol. The topological polar surface area (TPSA) is 66.4 Å². The Labute approximate surface area is 125 Å². The van der Waals surface area contributed by atoms with Gasteiger partial charge in [0.2, 0.25) is 5.91 Å². The summed E-state index contributed by atoms with van der Waals surface area (Å²) in [6, 6.07) is 9.88. The van der Waals surface area contributed by atoms with Gasteiger partial charge in [-0.3, -0.25) is 9.59 Å². The minimum atomic E-state index is -0.738. The van der Waals surface area contributed by atoms with E-state index in [2.05, 4.69) is 5.32 Å². The van der Waals surface area contributed by atoms with Gasteiger partial charge in [-0.15, -0.1) is 0 Å². The summed E-state index contributed by atoms with van der Waals surface area (Å²) in [6.45, 7) is 3.98. The number of carbonyl (C=O) groups is 2. The van der Waals surface area contributed by atoms with E-state index < -0.39 is 11.5 Å². The van der Waals surface area contributed by atoms with E-state index in [1.807, 2.05) is 44.2 Å². The number of amides is 1. The fraction of sp³-hybridized carbons (Fsp3) is 0.529. The number of benzene rings is 1. The van der Waals surface area contributed by atoms with E-state index in [9.17, 15) is 9.59 Å². The van der Waals surface area contributed by atoms with Crippen LogP contribution in [0.1, 0.15) is 45.1 Å². The lowest BCUT2D eigenvalue weighted by Crippen LogP contribution is -2.45. The van der Waals surface area contributed by atoms with Crippen LogP contribution in [0.4, 0.5) is 0 Å². The standard InChI is InChI=1S/C17H23NO3/c1-17(2,14-6-4-3-5-7-14)18-15(19)12-8-10-13(11-9-12)16(20)21/h3-7,12-13H,8-11H2,1-2H3,(H,18,19)(H,20,21). The van der Waals surface area contributed by atoms with Crippen molar-refractivity contribution in [2.45, 2.75) is 45.1 Å². The van der Waals surface area contributed by atoms with Gasteiger partial charge >= 0.3 is 5.97 Å². The van der Waals surface area contributed by atoms with Gasteiger partial charge in [-0.2, -0.15) is 0 Å². The molecule has 1 aliphatic rings. The van der Waals surface area contributed by atoms with E-state index >= 15 is 0 Å². The largest absolute Gasteiger partial charge is 0.481 e. The molecule has 1 aromatic carbocycles. The van der Waals surface area contributed by atoms with Crippen LogP contribution in [0, 0.1) is 11.8 Å². The molecule has 0 radical (unpaired) electrons. The molecule has 1 saturated carbocycles. The van der Waals surface area contributed by atoms with Crippen molar-refractivity contribution in [2.24, 2.45) is 11.8 Å². The highest BCUT2D eigenvalue weighted by Gasteiger charge is 2.32. The highest BCUT2D eigenvalue weighted by atomic mass is 16.4. The summed E-state index contributed by atoms with van der Waals surface area (Å²) in [7, 11) is 0. The molecule has 1 aromatic rings. The maximum Gasteiger partial charge on any atom is 0.306 e. The van der Waals surface area contributed by atoms with Gasteiger partial charge in [-0.05, 0) is 45.1 Å². The third kappa shape index (κ3) is 3.84. The first-order valence-electron chi connectivity index (χ1n) is 7.50. The van der Waals surface area contributed by atoms with Crippen LogP contribution in [0.15, 0.2) is 30.3 Å². The fourth-order valence-corrected chi connectivity index (χ4v) is 2.94. The summed E-state index contributed by atoms with van der Waals surface area (Å²) >= 11 is 0. The molecule has 0 unspecified atom stereocenters. The smallest absolute Gasteiger partial charge is 0.306 e. The molecule has 1 fully saturated rings. The highest BCUT2D eigenvalue weighted by Crippen LogP contribution is 2.30. The summed E-state index contributed by atoms with van der Waals surface area (Å²) < 4.78 is 0. The Morgan fingerprint density at radius 1 is 1.05 bits per heavy atom. The predicted molar refractivity (Wildman–Crippen MR) is 80.7 cm³/mol. The average Bonchev–Trinajstić information content (AvgIpc) is 2.48. The van der Waals surface area contributed by atoms with E-state index in [4.69, 9.17) is 5.11 Å². The Bertz CT molecular complexity index is 502. The van der Waals surface area contributed by atoms with Crippen LogP contribution in [0.3, 0.4) is 0 Å². The predicted octanol–water partition coefficient (Wildman–Crippen LogP) is 2.93. The van der Waals surface area contributed by atoms with Crippen molar-refractivity contribution in [3.63, 3.8) is 0 Å². The molecule has 2 N–H and O–H groups in total. The molecule has 0 bridgehead atoms. The number of nitrogens with one attached hydrogen (secondary N) is 1. The fourth-order valence-electron chi connectivity index (χ4n) is 2.94. The third-order valence-electron chi connectivity index (χ3n) is 4.38. The van der Waals surface area contributed by atoms with Crippen LogP contribution in [-0.2, 0) is 15.1 Å². The van der Waals surface area contributed by atoms with Crippen molar-refractivity contribution < 1.29 is 14.7 Å². The van der Waals surface area contributed by atoms with Gasteiger partial charge in [-0.1, -0.05) is 30.3 Å². The first kappa shape index (κ1) is 15.5. The summed E-state index contributed by atoms with van der Waals surface area (Å²) in [5.74, 6) is -1.05. The highest BCUT2D eigenvalue weighted by molar-refractivity contribution is 5.80. The molecule has 0 aromatic heterocycles. The quantitative estimate of drug-likeness (QED) is 0.895. The molecule has 4 heteroatoms. The van der Waals surface area contributed by atoms with Crippen molar-refractivity contribution >= 4 is 11.9 Å². The third-order valence-corrected chi connectivity index (χ3v) is 4.38. The molecule has 0 spiro atoms. The number of hydrogen-bond acceptors (Lipinski definition) is 2. The Balaban J connectivity index is 1.94. The maximum atomic E-state index is 12.4.